The van der Waals surface area contributed by atoms with E-state index in [0.29, 0.717) is 24.4 Å². The van der Waals surface area contributed by atoms with Crippen LogP contribution in [-0.2, 0) is 4.79 Å². The summed E-state index contributed by atoms with van der Waals surface area (Å²) in [6.07, 6.45) is 2.11. The lowest BCUT2D eigenvalue weighted by Crippen LogP contribution is -2.50. The molecule has 1 fully saturated rings. The molecule has 0 bridgehead atoms. The molecule has 158 valence electrons. The first kappa shape index (κ1) is 20.6. The zero-order valence-electron chi connectivity index (χ0n) is 17.2. The summed E-state index contributed by atoms with van der Waals surface area (Å²) < 4.78 is 1.89. The maximum Gasteiger partial charge on any atom is 0.320 e. The number of carbonyl (C=O) groups excluding carboxylic acids is 1. The summed E-state index contributed by atoms with van der Waals surface area (Å²) in [4.78, 5) is 27.9. The standard InChI is InChI=1S/C22H26N4O3S/c1-3-18(22(28)29)25-11-9-15(10-12-25)23-20(27)19-13-17-14(2)24-26(21(17)30-19)16-7-5-4-6-8-16/h4-8,13,15,18H,3,9-12H2,1-2H3,(H,23,27)(H,28,29). The molecule has 1 atom stereocenters. The monoisotopic (exact) mass is 426 g/mol. The number of para-hydroxylation sites is 1. The van der Waals surface area contributed by atoms with Crippen LogP contribution in [0.25, 0.3) is 15.9 Å². The van der Waals surface area contributed by atoms with Gasteiger partial charge in [-0.05, 0) is 44.4 Å². The number of aryl methyl sites for hydroxylation is 1. The molecule has 0 aliphatic carbocycles. The molecule has 30 heavy (non-hydrogen) atoms. The van der Waals surface area contributed by atoms with Crippen molar-refractivity contribution < 1.29 is 14.7 Å². The molecule has 1 saturated heterocycles. The zero-order chi connectivity index (χ0) is 21.3. The van der Waals surface area contributed by atoms with E-state index < -0.39 is 12.0 Å². The third-order valence-electron chi connectivity index (χ3n) is 5.75. The van der Waals surface area contributed by atoms with Crippen LogP contribution >= 0.6 is 11.3 Å². The Kier molecular flexibility index (Phi) is 5.87. The summed E-state index contributed by atoms with van der Waals surface area (Å²) >= 11 is 1.45. The molecule has 3 aromatic rings. The van der Waals surface area contributed by atoms with Crippen molar-refractivity contribution in [2.45, 2.75) is 45.2 Å². The first-order valence-electron chi connectivity index (χ1n) is 10.3. The Morgan fingerprint density at radius 3 is 2.60 bits per heavy atom. The van der Waals surface area contributed by atoms with Crippen LogP contribution < -0.4 is 5.32 Å². The number of nitrogens with zero attached hydrogens (tertiary/aromatic N) is 3. The van der Waals surface area contributed by atoms with Gasteiger partial charge >= 0.3 is 5.97 Å². The summed E-state index contributed by atoms with van der Waals surface area (Å²) in [6, 6.07) is 11.5. The Bertz CT molecular complexity index is 1050. The summed E-state index contributed by atoms with van der Waals surface area (Å²) in [5.74, 6) is -0.841. The van der Waals surface area contributed by atoms with Gasteiger partial charge in [-0.15, -0.1) is 11.3 Å². The van der Waals surface area contributed by atoms with Crippen LogP contribution in [0.1, 0.15) is 41.6 Å². The van der Waals surface area contributed by atoms with Gasteiger partial charge in [0.1, 0.15) is 10.9 Å². The molecule has 1 aliphatic rings. The third kappa shape index (κ3) is 3.97. The van der Waals surface area contributed by atoms with Crippen LogP contribution in [0.2, 0.25) is 0 Å². The smallest absolute Gasteiger partial charge is 0.320 e. The number of rotatable bonds is 6. The second-order valence-electron chi connectivity index (χ2n) is 7.71. The van der Waals surface area contributed by atoms with Gasteiger partial charge < -0.3 is 10.4 Å². The van der Waals surface area contributed by atoms with Crippen LogP contribution in [0, 0.1) is 6.92 Å². The number of hydrogen-bond acceptors (Lipinski definition) is 5. The SMILES string of the molecule is CCC(C(=O)O)N1CCC(NC(=O)c2cc3c(C)nn(-c4ccccc4)c3s2)CC1. The number of aliphatic carboxylic acids is 1. The highest BCUT2D eigenvalue weighted by atomic mass is 32.1. The number of carbonyl (C=O) groups is 2. The molecule has 7 nitrogen and oxygen atoms in total. The first-order chi connectivity index (χ1) is 14.5. The average Bonchev–Trinajstić information content (AvgIpc) is 3.31. The predicted octanol–water partition coefficient (Wildman–Crippen LogP) is 3.45. The molecule has 1 aromatic carbocycles. The van der Waals surface area contributed by atoms with Crippen molar-refractivity contribution in [3.05, 3.63) is 47.0 Å². The summed E-state index contributed by atoms with van der Waals surface area (Å²) in [5, 5.41) is 18.1. The minimum absolute atomic E-state index is 0.0667. The molecule has 0 radical (unpaired) electrons. The Labute approximate surface area is 179 Å². The molecule has 1 aliphatic heterocycles. The van der Waals surface area contributed by atoms with Gasteiger partial charge in [0, 0.05) is 24.5 Å². The van der Waals surface area contributed by atoms with Gasteiger partial charge in [-0.25, -0.2) is 4.68 Å². The topological polar surface area (TPSA) is 87.5 Å². The molecule has 3 heterocycles. The van der Waals surface area contributed by atoms with Gasteiger partial charge in [0.25, 0.3) is 5.91 Å². The summed E-state index contributed by atoms with van der Waals surface area (Å²) in [7, 11) is 0. The van der Waals surface area contributed by atoms with Crippen molar-refractivity contribution in [3.8, 4) is 5.69 Å². The fourth-order valence-electron chi connectivity index (χ4n) is 4.10. The van der Waals surface area contributed by atoms with Gasteiger partial charge in [0.05, 0.1) is 16.3 Å². The third-order valence-corrected chi connectivity index (χ3v) is 6.86. The zero-order valence-corrected chi connectivity index (χ0v) is 18.0. The van der Waals surface area contributed by atoms with Crippen LogP contribution in [0.15, 0.2) is 36.4 Å². The number of carboxylic acid groups (broad SMARTS) is 1. The Balaban J connectivity index is 1.45. The fourth-order valence-corrected chi connectivity index (χ4v) is 5.19. The van der Waals surface area contributed by atoms with Gasteiger partial charge in [0.15, 0.2) is 0 Å². The highest BCUT2D eigenvalue weighted by molar-refractivity contribution is 7.20. The number of thiophene rings is 1. The highest BCUT2D eigenvalue weighted by Crippen LogP contribution is 2.30. The fraction of sp³-hybridized carbons (Fsp3) is 0.409. The summed E-state index contributed by atoms with van der Waals surface area (Å²) in [6.45, 7) is 5.22. The molecule has 1 amide bonds. The lowest BCUT2D eigenvalue weighted by molar-refractivity contribution is -0.143. The maximum absolute atomic E-state index is 12.9. The Hall–Kier alpha value is -2.71. The molecule has 0 spiro atoms. The van der Waals surface area contributed by atoms with Gasteiger partial charge in [0.2, 0.25) is 0 Å². The number of likely N-dealkylation sites (tertiary alicyclic amines) is 1. The maximum atomic E-state index is 12.9. The normalized spacial score (nSPS) is 16.6. The second-order valence-corrected chi connectivity index (χ2v) is 8.74. The average molecular weight is 427 g/mol. The van der Waals surface area contributed by atoms with Crippen molar-refractivity contribution in [1.29, 1.82) is 0 Å². The van der Waals surface area contributed by atoms with E-state index in [9.17, 15) is 14.7 Å². The number of nitrogens with one attached hydrogen (secondary N) is 1. The number of hydrogen-bond donors (Lipinski definition) is 2. The van der Waals surface area contributed by atoms with Crippen molar-refractivity contribution in [1.82, 2.24) is 20.0 Å². The number of fused-ring (bicyclic) bond motifs is 1. The molecular weight excluding hydrogens is 400 g/mol. The van der Waals surface area contributed by atoms with E-state index in [2.05, 4.69) is 10.4 Å². The van der Waals surface area contributed by atoms with E-state index in [4.69, 9.17) is 0 Å². The minimum Gasteiger partial charge on any atom is -0.480 e. The number of carboxylic acids is 1. The second kappa shape index (κ2) is 8.57. The van der Waals surface area contributed by atoms with Crippen LogP contribution in [0.3, 0.4) is 0 Å². The van der Waals surface area contributed by atoms with E-state index in [1.165, 1.54) is 11.3 Å². The molecule has 4 rings (SSSR count). The van der Waals surface area contributed by atoms with E-state index in [-0.39, 0.29) is 11.9 Å². The van der Waals surface area contributed by atoms with E-state index in [1.54, 1.807) is 0 Å². The van der Waals surface area contributed by atoms with Crippen molar-refractivity contribution >= 4 is 33.4 Å². The number of piperidine rings is 1. The molecule has 0 saturated carbocycles. The largest absolute Gasteiger partial charge is 0.480 e. The quantitative estimate of drug-likeness (QED) is 0.630. The van der Waals surface area contributed by atoms with Crippen molar-refractivity contribution in [2.24, 2.45) is 0 Å². The molecular formula is C22H26N4O3S. The molecule has 1 unspecified atom stereocenters. The number of aromatic nitrogens is 2. The first-order valence-corrected chi connectivity index (χ1v) is 11.1. The number of benzene rings is 1. The number of amides is 1. The Morgan fingerprint density at radius 2 is 1.97 bits per heavy atom. The van der Waals surface area contributed by atoms with E-state index >= 15 is 0 Å². The molecule has 2 aromatic heterocycles. The predicted molar refractivity (Wildman–Crippen MR) is 117 cm³/mol. The van der Waals surface area contributed by atoms with Crippen LogP contribution in [-0.4, -0.2) is 56.8 Å². The van der Waals surface area contributed by atoms with Crippen molar-refractivity contribution in [3.63, 3.8) is 0 Å². The summed E-state index contributed by atoms with van der Waals surface area (Å²) in [5.41, 5.74) is 1.87. The van der Waals surface area contributed by atoms with Gasteiger partial charge in [-0.1, -0.05) is 25.1 Å². The van der Waals surface area contributed by atoms with E-state index in [0.717, 1.165) is 34.4 Å². The highest BCUT2D eigenvalue weighted by Gasteiger charge is 2.29. The van der Waals surface area contributed by atoms with Crippen LogP contribution in [0.5, 0.6) is 0 Å². The van der Waals surface area contributed by atoms with Gasteiger partial charge in [-0.2, -0.15) is 5.10 Å². The van der Waals surface area contributed by atoms with Crippen molar-refractivity contribution in [2.75, 3.05) is 13.1 Å². The molecule has 2 N–H and O–H groups in total. The van der Waals surface area contributed by atoms with E-state index in [1.807, 2.05) is 59.8 Å². The molecule has 8 heteroatoms. The van der Waals surface area contributed by atoms with Crippen LogP contribution in [0.4, 0.5) is 0 Å². The lowest BCUT2D eigenvalue weighted by Gasteiger charge is -2.35. The minimum atomic E-state index is -0.770. The van der Waals surface area contributed by atoms with Gasteiger partial charge in [-0.3, -0.25) is 14.5 Å². The Morgan fingerprint density at radius 1 is 1.27 bits per heavy atom. The lowest BCUT2D eigenvalue weighted by atomic mass is 10.0.